The molecule has 224 valence electrons. The summed E-state index contributed by atoms with van der Waals surface area (Å²) in [7, 11) is 0. The molecule has 2 aromatic carbocycles. The molecule has 0 heterocycles. The van der Waals surface area contributed by atoms with Crippen molar-refractivity contribution in [1.29, 1.82) is 0 Å². The average molecular weight is 553 g/mol. The lowest BCUT2D eigenvalue weighted by atomic mass is 9.66. The summed E-state index contributed by atoms with van der Waals surface area (Å²) in [5.41, 5.74) is 13.0. The van der Waals surface area contributed by atoms with Gasteiger partial charge in [-0.05, 0) is 100 Å². The fourth-order valence-corrected chi connectivity index (χ4v) is 7.84. The maximum Gasteiger partial charge on any atom is 0.00902 e. The lowest BCUT2D eigenvalue weighted by Crippen LogP contribution is -2.27. The van der Waals surface area contributed by atoms with Crippen LogP contribution in [-0.2, 0) is 12.8 Å². The van der Waals surface area contributed by atoms with E-state index in [1.54, 1.807) is 44.5 Å². The summed E-state index contributed by atoms with van der Waals surface area (Å²) >= 11 is 0. The summed E-state index contributed by atoms with van der Waals surface area (Å²) in [6.07, 6.45) is 20.9. The molecule has 2 atom stereocenters. The van der Waals surface area contributed by atoms with E-state index >= 15 is 0 Å². The number of fused-ring (bicyclic) bond motifs is 2. The quantitative estimate of drug-likeness (QED) is 0.182. The lowest BCUT2D eigenvalue weighted by molar-refractivity contribution is 0.291. The van der Waals surface area contributed by atoms with Crippen LogP contribution in [0.2, 0.25) is 0 Å². The molecule has 0 spiro atoms. The van der Waals surface area contributed by atoms with Crippen LogP contribution < -0.4 is 0 Å². The first-order chi connectivity index (χ1) is 19.7. The maximum absolute atomic E-state index is 2.73. The molecule has 0 nitrogen and oxygen atoms in total. The molecule has 2 unspecified atom stereocenters. The molecule has 0 N–H and O–H groups in total. The van der Waals surface area contributed by atoms with Gasteiger partial charge in [-0.25, -0.2) is 0 Å². The van der Waals surface area contributed by atoms with E-state index < -0.39 is 0 Å². The van der Waals surface area contributed by atoms with Crippen molar-refractivity contribution in [2.45, 2.75) is 144 Å². The van der Waals surface area contributed by atoms with Gasteiger partial charge >= 0.3 is 0 Å². The predicted molar refractivity (Wildman–Crippen MR) is 183 cm³/mol. The van der Waals surface area contributed by atoms with E-state index in [0.717, 1.165) is 0 Å². The Labute approximate surface area is 254 Å². The van der Waals surface area contributed by atoms with Crippen LogP contribution in [-0.4, -0.2) is 0 Å². The zero-order valence-electron chi connectivity index (χ0n) is 27.9. The highest BCUT2D eigenvalue weighted by molar-refractivity contribution is 5.80. The van der Waals surface area contributed by atoms with E-state index in [9.17, 15) is 0 Å². The van der Waals surface area contributed by atoms with E-state index in [1.165, 1.54) is 77.0 Å². The summed E-state index contributed by atoms with van der Waals surface area (Å²) < 4.78 is 0. The van der Waals surface area contributed by atoms with Gasteiger partial charge in [0.05, 0.1) is 0 Å². The molecular formula is C41H60. The molecule has 0 aliphatic heterocycles. The van der Waals surface area contributed by atoms with Gasteiger partial charge in [0.15, 0.2) is 0 Å². The number of hydrogen-bond acceptors (Lipinski definition) is 0. The van der Waals surface area contributed by atoms with Crippen LogP contribution in [0.1, 0.15) is 165 Å². The lowest BCUT2D eigenvalue weighted by Gasteiger charge is -2.37. The third-order valence-corrected chi connectivity index (χ3v) is 9.87. The van der Waals surface area contributed by atoms with Crippen molar-refractivity contribution in [3.8, 4) is 0 Å². The fraction of sp³-hybridized carbons (Fsp3) is 0.610. The Kier molecular flexibility index (Phi) is 11.2. The van der Waals surface area contributed by atoms with Gasteiger partial charge in [-0.3, -0.25) is 0 Å². The van der Waals surface area contributed by atoms with Gasteiger partial charge < -0.3 is 0 Å². The third kappa shape index (κ3) is 7.29. The molecule has 2 aliphatic rings. The van der Waals surface area contributed by atoms with Crippen LogP contribution in [0.4, 0.5) is 0 Å². The molecule has 2 aromatic rings. The summed E-state index contributed by atoms with van der Waals surface area (Å²) in [5.74, 6) is 2.25. The van der Waals surface area contributed by atoms with Crippen LogP contribution >= 0.6 is 0 Å². The number of allylic oxidation sites excluding steroid dienone is 4. The standard InChI is InChI=1S/C41H60/c1-9-11-13-15-19-33-27-37(35-23-17-21-31(39(33)35)25-29(3)4)41(7,8)38-28-34(20-16-14-12-10-2)40-32(26-30(5)6)22-18-24-36(38)40/h17-18,21-24,27-30,37-38H,9-16,19-20,25-26H2,1-8H3. The van der Waals surface area contributed by atoms with Crippen molar-refractivity contribution < 1.29 is 0 Å². The van der Waals surface area contributed by atoms with Crippen molar-refractivity contribution in [2.75, 3.05) is 0 Å². The van der Waals surface area contributed by atoms with Crippen LogP contribution in [0, 0.1) is 17.3 Å². The first-order valence-electron chi connectivity index (χ1n) is 17.3. The summed E-state index contributed by atoms with van der Waals surface area (Å²) in [4.78, 5) is 0. The highest BCUT2D eigenvalue weighted by Gasteiger charge is 2.44. The molecule has 0 heteroatoms. The SMILES string of the molecule is CCCCCCC1=CC(C(C)(C)C2C=C(CCCCCC)c3c(CC(C)C)cccc32)c2cccc(CC(C)C)c21. The molecule has 0 amide bonds. The molecule has 0 aromatic heterocycles. The van der Waals surface area contributed by atoms with Crippen LogP contribution in [0.15, 0.2) is 48.6 Å². The van der Waals surface area contributed by atoms with Gasteiger partial charge in [-0.15, -0.1) is 0 Å². The van der Waals surface area contributed by atoms with Gasteiger partial charge in [-0.1, -0.05) is 142 Å². The van der Waals surface area contributed by atoms with E-state index in [0.29, 0.717) is 23.7 Å². The molecular weight excluding hydrogens is 492 g/mol. The number of hydrogen-bond donors (Lipinski definition) is 0. The van der Waals surface area contributed by atoms with Crippen LogP contribution in [0.3, 0.4) is 0 Å². The maximum atomic E-state index is 2.73. The van der Waals surface area contributed by atoms with Crippen LogP contribution in [0.25, 0.3) is 11.1 Å². The average Bonchev–Trinajstić information content (AvgIpc) is 3.50. The molecule has 4 rings (SSSR count). The molecule has 0 fully saturated rings. The Balaban J connectivity index is 1.75. The third-order valence-electron chi connectivity index (χ3n) is 9.87. The topological polar surface area (TPSA) is 0 Å². The van der Waals surface area contributed by atoms with Gasteiger partial charge in [0.1, 0.15) is 0 Å². The second kappa shape index (κ2) is 14.4. The highest BCUT2D eigenvalue weighted by atomic mass is 14.5. The van der Waals surface area contributed by atoms with E-state index in [1.807, 2.05) is 0 Å². The summed E-state index contributed by atoms with van der Waals surface area (Å²) in [6, 6.07) is 14.5. The van der Waals surface area contributed by atoms with Crippen molar-refractivity contribution in [2.24, 2.45) is 17.3 Å². The molecule has 41 heavy (non-hydrogen) atoms. The highest BCUT2D eigenvalue weighted by Crippen LogP contribution is 2.58. The van der Waals surface area contributed by atoms with E-state index in [2.05, 4.69) is 104 Å². The van der Waals surface area contributed by atoms with Gasteiger partial charge in [0.2, 0.25) is 0 Å². The zero-order valence-corrected chi connectivity index (χ0v) is 27.9. The Bertz CT molecular complexity index is 1110. The van der Waals surface area contributed by atoms with Gasteiger partial charge in [0, 0.05) is 11.8 Å². The number of rotatable bonds is 16. The summed E-state index contributed by atoms with van der Waals surface area (Å²) in [5, 5.41) is 0. The van der Waals surface area contributed by atoms with Crippen molar-refractivity contribution in [3.05, 3.63) is 81.9 Å². The van der Waals surface area contributed by atoms with Gasteiger partial charge in [0.25, 0.3) is 0 Å². The molecule has 0 radical (unpaired) electrons. The molecule has 0 bridgehead atoms. The van der Waals surface area contributed by atoms with E-state index in [4.69, 9.17) is 0 Å². The first kappa shape index (κ1) is 31.8. The monoisotopic (exact) mass is 552 g/mol. The minimum Gasteiger partial charge on any atom is -0.0726 e. The van der Waals surface area contributed by atoms with Crippen molar-refractivity contribution in [3.63, 3.8) is 0 Å². The minimum atomic E-state index is 0.104. The van der Waals surface area contributed by atoms with Gasteiger partial charge in [-0.2, -0.15) is 0 Å². The number of unbranched alkanes of at least 4 members (excludes halogenated alkanes) is 6. The zero-order chi connectivity index (χ0) is 29.6. The largest absolute Gasteiger partial charge is 0.0726 e. The Hall–Kier alpha value is -2.08. The fourth-order valence-electron chi connectivity index (χ4n) is 7.84. The first-order valence-corrected chi connectivity index (χ1v) is 17.3. The van der Waals surface area contributed by atoms with Crippen molar-refractivity contribution >= 4 is 11.1 Å². The molecule has 0 saturated carbocycles. The molecule has 2 aliphatic carbocycles. The van der Waals surface area contributed by atoms with Crippen LogP contribution in [0.5, 0.6) is 0 Å². The Morgan fingerprint density at radius 3 is 1.37 bits per heavy atom. The smallest absolute Gasteiger partial charge is 0.00902 e. The Morgan fingerprint density at radius 1 is 0.585 bits per heavy atom. The number of benzene rings is 2. The second-order valence-electron chi connectivity index (χ2n) is 14.7. The van der Waals surface area contributed by atoms with Crippen molar-refractivity contribution in [1.82, 2.24) is 0 Å². The predicted octanol–water partition coefficient (Wildman–Crippen LogP) is 12.7. The minimum absolute atomic E-state index is 0.104. The Morgan fingerprint density at radius 2 is 1.00 bits per heavy atom. The second-order valence-corrected chi connectivity index (χ2v) is 14.7. The van der Waals surface area contributed by atoms with E-state index in [-0.39, 0.29) is 5.41 Å². The summed E-state index contributed by atoms with van der Waals surface area (Å²) in [6.45, 7) is 19.3. The normalized spacial score (nSPS) is 18.2. The molecule has 0 saturated heterocycles.